The van der Waals surface area contributed by atoms with Crippen LogP contribution in [0.3, 0.4) is 0 Å². The molecule has 1 fully saturated rings. The first-order valence-electron chi connectivity index (χ1n) is 5.93. The highest BCUT2D eigenvalue weighted by molar-refractivity contribution is 4.83. The van der Waals surface area contributed by atoms with E-state index in [1.165, 1.54) is 0 Å². The molecule has 0 saturated heterocycles. The van der Waals surface area contributed by atoms with Crippen molar-refractivity contribution in [3.8, 4) is 0 Å². The summed E-state index contributed by atoms with van der Waals surface area (Å²) in [6.45, 7) is -0.351. The first-order valence-corrected chi connectivity index (χ1v) is 5.93. The smallest absolute Gasteiger partial charge is 0.380 e. The minimum Gasteiger partial charge on any atom is -0.380 e. The van der Waals surface area contributed by atoms with Gasteiger partial charge in [0.1, 0.15) is 6.61 Å². The predicted molar refractivity (Wildman–Crippen MR) is 57.9 cm³/mol. The van der Waals surface area contributed by atoms with Crippen LogP contribution in [0, 0.1) is 0 Å². The van der Waals surface area contributed by atoms with Crippen molar-refractivity contribution < 1.29 is 22.6 Å². The van der Waals surface area contributed by atoms with Gasteiger partial charge in [-0.2, -0.15) is 13.2 Å². The molecule has 1 N–H and O–H groups in total. The molecule has 0 bridgehead atoms. The fraction of sp³-hybridized carbons (Fsp3) is 1.00. The topological polar surface area (TPSA) is 30.5 Å². The lowest BCUT2D eigenvalue weighted by molar-refractivity contribution is -0.174. The first kappa shape index (κ1) is 14.7. The summed E-state index contributed by atoms with van der Waals surface area (Å²) >= 11 is 0. The van der Waals surface area contributed by atoms with E-state index in [-0.39, 0.29) is 12.7 Å². The van der Waals surface area contributed by atoms with Gasteiger partial charge >= 0.3 is 6.18 Å². The Kier molecular flexibility index (Phi) is 6.22. The molecule has 1 rings (SSSR count). The lowest BCUT2D eigenvalue weighted by atomic mass is 10.2. The van der Waals surface area contributed by atoms with Crippen molar-refractivity contribution in [3.63, 3.8) is 0 Å². The van der Waals surface area contributed by atoms with Crippen LogP contribution in [0.5, 0.6) is 0 Å². The molecular weight excluding hydrogens is 235 g/mol. The minimum atomic E-state index is -4.22. The maximum atomic E-state index is 11.8. The molecule has 0 heterocycles. The van der Waals surface area contributed by atoms with E-state index in [1.54, 1.807) is 7.11 Å². The van der Waals surface area contributed by atoms with Gasteiger partial charge < -0.3 is 14.8 Å². The molecule has 1 aliphatic carbocycles. The Morgan fingerprint density at radius 1 is 1.29 bits per heavy atom. The molecule has 2 unspecified atom stereocenters. The van der Waals surface area contributed by atoms with Crippen LogP contribution in [0.15, 0.2) is 0 Å². The average Bonchev–Trinajstić information content (AvgIpc) is 2.69. The molecule has 3 nitrogen and oxygen atoms in total. The van der Waals surface area contributed by atoms with Crippen LogP contribution in [-0.4, -0.2) is 45.2 Å². The number of methoxy groups -OCH3 is 1. The molecular formula is C11H20F3NO2. The van der Waals surface area contributed by atoms with Crippen molar-refractivity contribution in [1.82, 2.24) is 5.32 Å². The summed E-state index contributed by atoms with van der Waals surface area (Å²) in [6.07, 6.45) is -0.129. The number of hydrogen-bond acceptors (Lipinski definition) is 3. The van der Waals surface area contributed by atoms with E-state index in [1.807, 2.05) is 0 Å². The molecule has 0 aromatic heterocycles. The van der Waals surface area contributed by atoms with Gasteiger partial charge in [-0.1, -0.05) is 0 Å². The van der Waals surface area contributed by atoms with Crippen LogP contribution in [0.25, 0.3) is 0 Å². The molecule has 0 aromatic rings. The van der Waals surface area contributed by atoms with Gasteiger partial charge in [0.2, 0.25) is 0 Å². The van der Waals surface area contributed by atoms with Crippen LogP contribution < -0.4 is 5.32 Å². The molecule has 17 heavy (non-hydrogen) atoms. The van der Waals surface area contributed by atoms with Gasteiger partial charge in [0.05, 0.1) is 6.10 Å². The Labute approximate surface area is 99.7 Å². The fourth-order valence-electron chi connectivity index (χ4n) is 2.09. The number of hydrogen-bond donors (Lipinski definition) is 1. The Morgan fingerprint density at radius 3 is 2.71 bits per heavy atom. The second-order valence-corrected chi connectivity index (χ2v) is 4.29. The minimum absolute atomic E-state index is 0.136. The van der Waals surface area contributed by atoms with Crippen LogP contribution in [0.4, 0.5) is 13.2 Å². The monoisotopic (exact) mass is 255 g/mol. The van der Waals surface area contributed by atoms with Gasteiger partial charge in [-0.05, 0) is 32.2 Å². The molecule has 1 aliphatic rings. The van der Waals surface area contributed by atoms with Crippen molar-refractivity contribution in [2.45, 2.75) is 44.0 Å². The highest BCUT2D eigenvalue weighted by Gasteiger charge is 2.27. The van der Waals surface area contributed by atoms with Gasteiger partial charge in [-0.25, -0.2) is 0 Å². The lowest BCUT2D eigenvalue weighted by Crippen LogP contribution is -2.37. The molecule has 2 atom stereocenters. The Morgan fingerprint density at radius 2 is 2.06 bits per heavy atom. The second-order valence-electron chi connectivity index (χ2n) is 4.29. The molecule has 0 aromatic carbocycles. The second kappa shape index (κ2) is 7.18. The van der Waals surface area contributed by atoms with Crippen LogP contribution in [0.2, 0.25) is 0 Å². The molecule has 0 amide bonds. The standard InChI is InChI=1S/C11H20F3NO2/c1-16-10-5-2-4-9(10)15-6-3-7-17-8-11(12,13)14/h9-10,15H,2-8H2,1H3. The number of ether oxygens (including phenoxy) is 2. The molecule has 0 radical (unpaired) electrons. The third-order valence-electron chi connectivity index (χ3n) is 2.89. The van der Waals surface area contributed by atoms with Crippen molar-refractivity contribution in [3.05, 3.63) is 0 Å². The molecule has 102 valence electrons. The Hall–Kier alpha value is -0.330. The SMILES string of the molecule is COC1CCCC1NCCCOCC(F)(F)F. The molecule has 1 saturated carbocycles. The summed E-state index contributed by atoms with van der Waals surface area (Å²) in [5, 5.41) is 3.29. The number of halogens is 3. The Bertz CT molecular complexity index is 211. The van der Waals surface area contributed by atoms with Gasteiger partial charge in [0, 0.05) is 19.8 Å². The van der Waals surface area contributed by atoms with E-state index < -0.39 is 12.8 Å². The maximum absolute atomic E-state index is 11.8. The average molecular weight is 255 g/mol. The number of alkyl halides is 3. The first-order chi connectivity index (χ1) is 8.03. The van der Waals surface area contributed by atoms with Gasteiger partial charge in [-0.15, -0.1) is 0 Å². The summed E-state index contributed by atoms with van der Waals surface area (Å²) in [4.78, 5) is 0. The van der Waals surface area contributed by atoms with E-state index in [4.69, 9.17) is 4.74 Å². The zero-order chi connectivity index (χ0) is 12.7. The summed E-state index contributed by atoms with van der Waals surface area (Å²) in [5.74, 6) is 0. The van der Waals surface area contributed by atoms with E-state index in [9.17, 15) is 13.2 Å². The van der Waals surface area contributed by atoms with Gasteiger partial charge in [0.25, 0.3) is 0 Å². The van der Waals surface area contributed by atoms with Gasteiger partial charge in [-0.3, -0.25) is 0 Å². The molecule has 0 spiro atoms. The van der Waals surface area contributed by atoms with Gasteiger partial charge in [0.15, 0.2) is 0 Å². The van der Waals surface area contributed by atoms with Crippen LogP contribution in [-0.2, 0) is 9.47 Å². The summed E-state index contributed by atoms with van der Waals surface area (Å²) < 4.78 is 45.1. The summed E-state index contributed by atoms with van der Waals surface area (Å²) in [6, 6.07) is 0.336. The summed E-state index contributed by atoms with van der Waals surface area (Å²) in [5.41, 5.74) is 0. The third kappa shape index (κ3) is 6.24. The third-order valence-corrected chi connectivity index (χ3v) is 2.89. The van der Waals surface area contributed by atoms with Crippen molar-refractivity contribution >= 4 is 0 Å². The van der Waals surface area contributed by atoms with Crippen molar-refractivity contribution in [2.75, 3.05) is 26.9 Å². The van der Waals surface area contributed by atoms with E-state index in [0.29, 0.717) is 19.0 Å². The quantitative estimate of drug-likeness (QED) is 0.707. The lowest BCUT2D eigenvalue weighted by Gasteiger charge is -2.19. The highest BCUT2D eigenvalue weighted by atomic mass is 19.4. The van der Waals surface area contributed by atoms with Crippen LogP contribution in [0.1, 0.15) is 25.7 Å². The maximum Gasteiger partial charge on any atom is 0.411 e. The number of nitrogens with one attached hydrogen (secondary N) is 1. The normalized spacial score (nSPS) is 25.4. The molecule has 0 aliphatic heterocycles. The zero-order valence-electron chi connectivity index (χ0n) is 10.1. The predicted octanol–water partition coefficient (Wildman–Crippen LogP) is 2.11. The highest BCUT2D eigenvalue weighted by Crippen LogP contribution is 2.21. The largest absolute Gasteiger partial charge is 0.411 e. The Balaban J connectivity index is 1.97. The van der Waals surface area contributed by atoms with E-state index >= 15 is 0 Å². The van der Waals surface area contributed by atoms with E-state index in [2.05, 4.69) is 10.1 Å². The molecule has 6 heteroatoms. The zero-order valence-corrected chi connectivity index (χ0v) is 10.1. The number of rotatable bonds is 7. The van der Waals surface area contributed by atoms with E-state index in [0.717, 1.165) is 19.3 Å². The van der Waals surface area contributed by atoms with Crippen molar-refractivity contribution in [2.24, 2.45) is 0 Å². The van der Waals surface area contributed by atoms with Crippen LogP contribution >= 0.6 is 0 Å². The van der Waals surface area contributed by atoms with Crippen molar-refractivity contribution in [1.29, 1.82) is 0 Å². The fourth-order valence-corrected chi connectivity index (χ4v) is 2.09. The summed E-state index contributed by atoms with van der Waals surface area (Å²) in [7, 11) is 1.69.